The minimum Gasteiger partial charge on any atom is -1.00 e. The third-order valence-corrected chi connectivity index (χ3v) is 1.10. The molecule has 58 valence electrons. The minimum absolute atomic E-state index is 0. The summed E-state index contributed by atoms with van der Waals surface area (Å²) >= 11 is 0. The molecule has 0 bridgehead atoms. The topological polar surface area (TPSA) is 56.6 Å². The summed E-state index contributed by atoms with van der Waals surface area (Å²) in [6, 6.07) is 5.84. The van der Waals surface area contributed by atoms with Crippen LogP contribution in [0.25, 0.3) is 0 Å². The van der Waals surface area contributed by atoms with E-state index in [4.69, 9.17) is 5.26 Å². The fourth-order valence-electron chi connectivity index (χ4n) is 0.603. The van der Waals surface area contributed by atoms with Crippen LogP contribution in [-0.2, 0) is 0 Å². The van der Waals surface area contributed by atoms with E-state index >= 15 is 0 Å². The molecular weight excluding hydrogens is 232 g/mol. The molecule has 0 amide bonds. The standard InChI is InChI=1S/C7H5N2O.BrH.Mg/c1-5-2-3-6(4-8)7(10)9-5;;/h3H,1H3,(H,9,10);1H;/q-1;;+2/p-1. The maximum Gasteiger partial charge on any atom is 2.00 e. The molecule has 1 N–H and O–H groups in total. The Morgan fingerprint density at radius 1 is 1.67 bits per heavy atom. The molecule has 0 aliphatic carbocycles. The largest absolute Gasteiger partial charge is 2.00 e. The van der Waals surface area contributed by atoms with Crippen LogP contribution in [-0.4, -0.2) is 28.0 Å². The van der Waals surface area contributed by atoms with Gasteiger partial charge in [-0.2, -0.15) is 0 Å². The van der Waals surface area contributed by atoms with Gasteiger partial charge in [0.2, 0.25) is 0 Å². The van der Waals surface area contributed by atoms with Crippen LogP contribution in [0.4, 0.5) is 0 Å². The SMILES string of the molecule is Cc1[c-]cc(C#N)c(=O)[nH]1.[Br-].[Mg+2]. The van der Waals surface area contributed by atoms with Gasteiger partial charge in [-0.1, -0.05) is 5.69 Å². The van der Waals surface area contributed by atoms with Gasteiger partial charge in [-0.25, -0.2) is 17.4 Å². The van der Waals surface area contributed by atoms with Crippen molar-refractivity contribution < 1.29 is 17.0 Å². The van der Waals surface area contributed by atoms with Crippen LogP contribution in [0.5, 0.6) is 0 Å². The van der Waals surface area contributed by atoms with E-state index in [0.717, 1.165) is 0 Å². The van der Waals surface area contributed by atoms with Crippen molar-refractivity contribution in [2.24, 2.45) is 0 Å². The Hall–Kier alpha value is -0.314. The first-order valence-electron chi connectivity index (χ1n) is 2.76. The van der Waals surface area contributed by atoms with Gasteiger partial charge in [0.25, 0.3) is 0 Å². The molecule has 0 saturated heterocycles. The van der Waals surface area contributed by atoms with Crippen molar-refractivity contribution in [2.45, 2.75) is 6.92 Å². The number of aryl methyl sites for hydroxylation is 1. The van der Waals surface area contributed by atoms with Crippen molar-refractivity contribution in [1.82, 2.24) is 4.98 Å². The fourth-order valence-corrected chi connectivity index (χ4v) is 0.603. The van der Waals surface area contributed by atoms with Crippen LogP contribution >= 0.6 is 0 Å². The number of H-pyrrole nitrogens is 1. The fraction of sp³-hybridized carbons (Fsp3) is 0.143. The number of hydrogen-bond acceptors (Lipinski definition) is 2. The Bertz CT molecular complexity index is 342. The first kappa shape index (κ1) is 14.2. The van der Waals surface area contributed by atoms with Crippen molar-refractivity contribution in [3.05, 3.63) is 33.7 Å². The van der Waals surface area contributed by atoms with Gasteiger partial charge in [-0.3, -0.25) is 4.79 Å². The van der Waals surface area contributed by atoms with Gasteiger partial charge in [-0.05, 0) is 12.5 Å². The molecular formula is C7H5BrMgN2O. The second-order valence-electron chi connectivity index (χ2n) is 1.89. The van der Waals surface area contributed by atoms with E-state index in [1.54, 1.807) is 13.0 Å². The summed E-state index contributed by atoms with van der Waals surface area (Å²) in [5.74, 6) is 0. The molecule has 0 atom stereocenters. The van der Waals surface area contributed by atoms with Crippen molar-refractivity contribution >= 4 is 23.1 Å². The van der Waals surface area contributed by atoms with Gasteiger partial charge in [0, 0.05) is 6.07 Å². The summed E-state index contributed by atoms with van der Waals surface area (Å²) < 4.78 is 0. The number of nitriles is 1. The van der Waals surface area contributed by atoms with Crippen molar-refractivity contribution in [1.29, 1.82) is 5.26 Å². The molecule has 0 aromatic carbocycles. The zero-order chi connectivity index (χ0) is 7.56. The average molecular weight is 237 g/mol. The van der Waals surface area contributed by atoms with E-state index in [9.17, 15) is 4.79 Å². The van der Waals surface area contributed by atoms with Crippen LogP contribution in [0, 0.1) is 24.3 Å². The van der Waals surface area contributed by atoms with E-state index in [2.05, 4.69) is 11.1 Å². The van der Waals surface area contributed by atoms with Crippen molar-refractivity contribution in [3.63, 3.8) is 0 Å². The number of aromatic nitrogens is 1. The zero-order valence-corrected chi connectivity index (χ0v) is 9.52. The molecule has 0 fully saturated rings. The maximum atomic E-state index is 10.8. The van der Waals surface area contributed by atoms with E-state index in [0.29, 0.717) is 5.69 Å². The number of rotatable bonds is 0. The summed E-state index contributed by atoms with van der Waals surface area (Å²) in [6.07, 6.45) is 0. The van der Waals surface area contributed by atoms with Crippen LogP contribution in [0.15, 0.2) is 10.9 Å². The van der Waals surface area contributed by atoms with Gasteiger partial charge < -0.3 is 22.0 Å². The van der Waals surface area contributed by atoms with Gasteiger partial charge in [-0.15, -0.1) is 0 Å². The number of nitrogens with one attached hydrogen (secondary N) is 1. The molecule has 0 saturated carbocycles. The molecule has 12 heavy (non-hydrogen) atoms. The number of halogens is 1. The summed E-state index contributed by atoms with van der Waals surface area (Å²) in [4.78, 5) is 13.2. The molecule has 0 spiro atoms. The summed E-state index contributed by atoms with van der Waals surface area (Å²) in [7, 11) is 0. The van der Waals surface area contributed by atoms with Crippen molar-refractivity contribution in [3.8, 4) is 6.07 Å². The Morgan fingerprint density at radius 2 is 2.25 bits per heavy atom. The van der Waals surface area contributed by atoms with Crippen LogP contribution in [0.2, 0.25) is 0 Å². The van der Waals surface area contributed by atoms with Crippen LogP contribution < -0.4 is 22.5 Å². The monoisotopic (exact) mass is 236 g/mol. The predicted molar refractivity (Wildman–Crippen MR) is 41.1 cm³/mol. The van der Waals surface area contributed by atoms with E-state index in [-0.39, 0.29) is 51.2 Å². The molecule has 0 unspecified atom stereocenters. The Labute approximate surface area is 96.7 Å². The number of aromatic amines is 1. The summed E-state index contributed by atoms with van der Waals surface area (Å²) in [5.41, 5.74) is 0.397. The maximum absolute atomic E-state index is 10.8. The molecule has 1 aromatic rings. The van der Waals surface area contributed by atoms with Gasteiger partial charge in [0.1, 0.15) is 0 Å². The molecule has 1 aromatic heterocycles. The second-order valence-corrected chi connectivity index (χ2v) is 1.89. The van der Waals surface area contributed by atoms with E-state index in [1.165, 1.54) is 6.07 Å². The first-order valence-corrected chi connectivity index (χ1v) is 2.76. The van der Waals surface area contributed by atoms with Crippen molar-refractivity contribution in [2.75, 3.05) is 0 Å². The van der Waals surface area contributed by atoms with Crippen LogP contribution in [0.3, 0.4) is 0 Å². The first-order chi connectivity index (χ1) is 4.74. The molecule has 1 heterocycles. The molecule has 0 aliphatic heterocycles. The average Bonchev–Trinajstić information content (AvgIpc) is 1.88. The Morgan fingerprint density at radius 3 is 2.67 bits per heavy atom. The summed E-state index contributed by atoms with van der Waals surface area (Å²) in [6.45, 7) is 1.71. The van der Waals surface area contributed by atoms with E-state index in [1.807, 2.05) is 0 Å². The zero-order valence-electron chi connectivity index (χ0n) is 6.52. The summed E-state index contributed by atoms with van der Waals surface area (Å²) in [5, 5.41) is 8.32. The Balaban J connectivity index is 0. The smallest absolute Gasteiger partial charge is 1.00 e. The predicted octanol–water partition coefficient (Wildman–Crippen LogP) is -3.02. The van der Waals surface area contributed by atoms with Gasteiger partial charge in [0.05, 0.1) is 0 Å². The Kier molecular flexibility index (Phi) is 7.38. The number of nitrogens with zero attached hydrogens (tertiary/aromatic N) is 1. The molecule has 0 radical (unpaired) electrons. The second kappa shape index (κ2) is 6.23. The molecule has 0 aliphatic rings. The molecule has 1 rings (SSSR count). The number of hydrogen-bond donors (Lipinski definition) is 1. The quantitative estimate of drug-likeness (QED) is 0.386. The van der Waals surface area contributed by atoms with Crippen LogP contribution in [0.1, 0.15) is 11.3 Å². The third kappa shape index (κ3) is 3.39. The number of pyridine rings is 1. The normalized spacial score (nSPS) is 7.33. The van der Waals surface area contributed by atoms with E-state index < -0.39 is 0 Å². The molecule has 3 nitrogen and oxygen atoms in total. The third-order valence-electron chi connectivity index (χ3n) is 1.10. The van der Waals surface area contributed by atoms with Gasteiger partial charge in [0.15, 0.2) is 5.56 Å². The minimum atomic E-state index is -0.348. The van der Waals surface area contributed by atoms with Gasteiger partial charge >= 0.3 is 23.1 Å². The molecule has 5 heteroatoms.